The molecule has 2 atom stereocenters. The van der Waals surface area contributed by atoms with Crippen LogP contribution in [0.3, 0.4) is 0 Å². The van der Waals surface area contributed by atoms with Crippen LogP contribution in [0.25, 0.3) is 11.5 Å². The third-order valence-corrected chi connectivity index (χ3v) is 3.65. The molecule has 0 saturated carbocycles. The molecule has 1 fully saturated rings. The van der Waals surface area contributed by atoms with Gasteiger partial charge in [0, 0.05) is 24.7 Å². The Hall–Kier alpha value is -1.89. The lowest BCUT2D eigenvalue weighted by Gasteiger charge is -2.36. The number of anilines is 1. The first-order valence-electron chi connectivity index (χ1n) is 6.53. The molecule has 0 amide bonds. The van der Waals surface area contributed by atoms with Gasteiger partial charge in [0.15, 0.2) is 11.5 Å². The maximum absolute atomic E-state index is 6.09. The summed E-state index contributed by atoms with van der Waals surface area (Å²) < 4.78 is 5.04. The SMILES string of the molecule is Cc1cc(-c2nc(N3CCCC(N)C3C)n[nH]2)no1. The standard InChI is InChI=1S/C12H18N6O/c1-7-6-10(17-19-7)11-14-12(16-15-11)18-5-3-4-9(13)8(18)2/h6,8-9H,3-5,13H2,1-2H3,(H,14,15,16). The van der Waals surface area contributed by atoms with E-state index >= 15 is 0 Å². The van der Waals surface area contributed by atoms with Crippen LogP contribution in [0.4, 0.5) is 5.95 Å². The van der Waals surface area contributed by atoms with Crippen molar-refractivity contribution in [3.63, 3.8) is 0 Å². The van der Waals surface area contributed by atoms with Crippen molar-refractivity contribution in [2.24, 2.45) is 5.73 Å². The molecule has 1 aliphatic heterocycles. The van der Waals surface area contributed by atoms with Gasteiger partial charge in [-0.1, -0.05) is 5.16 Å². The van der Waals surface area contributed by atoms with E-state index < -0.39 is 0 Å². The largest absolute Gasteiger partial charge is 0.361 e. The molecule has 3 rings (SSSR count). The van der Waals surface area contributed by atoms with Gasteiger partial charge in [-0.15, -0.1) is 5.10 Å². The van der Waals surface area contributed by atoms with Crippen molar-refractivity contribution < 1.29 is 4.52 Å². The predicted molar refractivity (Wildman–Crippen MR) is 70.6 cm³/mol. The Morgan fingerprint density at radius 1 is 1.53 bits per heavy atom. The van der Waals surface area contributed by atoms with Gasteiger partial charge in [0.05, 0.1) is 0 Å². The van der Waals surface area contributed by atoms with Crippen molar-refractivity contribution in [1.29, 1.82) is 0 Å². The van der Waals surface area contributed by atoms with Gasteiger partial charge in [-0.25, -0.2) is 0 Å². The molecule has 7 heteroatoms. The molecule has 1 aliphatic rings. The third kappa shape index (κ3) is 2.21. The van der Waals surface area contributed by atoms with Crippen LogP contribution in [-0.2, 0) is 0 Å². The average Bonchev–Trinajstić information content (AvgIpc) is 3.01. The van der Waals surface area contributed by atoms with Crippen LogP contribution < -0.4 is 10.6 Å². The van der Waals surface area contributed by atoms with Crippen LogP contribution in [0.5, 0.6) is 0 Å². The fourth-order valence-electron chi connectivity index (χ4n) is 2.43. The first-order chi connectivity index (χ1) is 9.15. The van der Waals surface area contributed by atoms with Crippen molar-refractivity contribution >= 4 is 5.95 Å². The van der Waals surface area contributed by atoms with E-state index in [1.165, 1.54) is 0 Å². The maximum Gasteiger partial charge on any atom is 0.245 e. The molecule has 1 saturated heterocycles. The first-order valence-corrected chi connectivity index (χ1v) is 6.53. The van der Waals surface area contributed by atoms with Gasteiger partial charge in [0.2, 0.25) is 5.95 Å². The van der Waals surface area contributed by atoms with Crippen LogP contribution in [0.15, 0.2) is 10.6 Å². The van der Waals surface area contributed by atoms with Crippen LogP contribution in [0.1, 0.15) is 25.5 Å². The zero-order chi connectivity index (χ0) is 13.4. The zero-order valence-electron chi connectivity index (χ0n) is 11.1. The van der Waals surface area contributed by atoms with Gasteiger partial charge >= 0.3 is 0 Å². The highest BCUT2D eigenvalue weighted by atomic mass is 16.5. The number of aromatic nitrogens is 4. The number of hydrogen-bond acceptors (Lipinski definition) is 6. The normalized spacial score (nSPS) is 23.8. The molecule has 7 nitrogen and oxygen atoms in total. The molecule has 2 aromatic rings. The molecular formula is C12H18N6O. The second-order valence-electron chi connectivity index (χ2n) is 5.05. The molecule has 2 aromatic heterocycles. The van der Waals surface area contributed by atoms with E-state index in [1.807, 2.05) is 13.0 Å². The van der Waals surface area contributed by atoms with E-state index in [4.69, 9.17) is 10.3 Å². The van der Waals surface area contributed by atoms with Gasteiger partial charge in [-0.05, 0) is 26.7 Å². The number of nitrogens with zero attached hydrogens (tertiary/aromatic N) is 4. The molecule has 2 unspecified atom stereocenters. The second kappa shape index (κ2) is 4.65. The summed E-state index contributed by atoms with van der Waals surface area (Å²) in [5.41, 5.74) is 6.76. The van der Waals surface area contributed by atoms with Crippen LogP contribution in [-0.4, -0.2) is 39.0 Å². The molecule has 0 aliphatic carbocycles. The van der Waals surface area contributed by atoms with Crippen molar-refractivity contribution in [2.75, 3.05) is 11.4 Å². The van der Waals surface area contributed by atoms with Gasteiger partial charge in [-0.3, -0.25) is 5.10 Å². The Balaban J connectivity index is 1.84. The van der Waals surface area contributed by atoms with E-state index in [0.29, 0.717) is 17.5 Å². The number of aryl methyl sites for hydroxylation is 1. The fraction of sp³-hybridized carbons (Fsp3) is 0.583. The summed E-state index contributed by atoms with van der Waals surface area (Å²) in [5.74, 6) is 2.05. The number of nitrogens with two attached hydrogens (primary N) is 1. The number of aromatic amines is 1. The van der Waals surface area contributed by atoms with E-state index in [2.05, 4.69) is 32.2 Å². The number of H-pyrrole nitrogens is 1. The molecular weight excluding hydrogens is 244 g/mol. The zero-order valence-corrected chi connectivity index (χ0v) is 11.1. The molecule has 3 heterocycles. The smallest absolute Gasteiger partial charge is 0.245 e. The number of nitrogens with one attached hydrogen (secondary N) is 1. The number of rotatable bonds is 2. The summed E-state index contributed by atoms with van der Waals surface area (Å²) in [5, 5.41) is 11.1. The Kier molecular flexibility index (Phi) is 2.98. The minimum Gasteiger partial charge on any atom is -0.361 e. The lowest BCUT2D eigenvalue weighted by molar-refractivity contribution is 0.399. The summed E-state index contributed by atoms with van der Waals surface area (Å²) in [4.78, 5) is 6.62. The quantitative estimate of drug-likeness (QED) is 0.840. The van der Waals surface area contributed by atoms with Gasteiger partial charge in [0.1, 0.15) is 5.76 Å². The Labute approximate surface area is 111 Å². The topological polar surface area (TPSA) is 96.9 Å². The predicted octanol–water partition coefficient (Wildman–Crippen LogP) is 1.08. The van der Waals surface area contributed by atoms with Crippen molar-refractivity contribution in [3.05, 3.63) is 11.8 Å². The van der Waals surface area contributed by atoms with Gasteiger partial charge < -0.3 is 15.2 Å². The lowest BCUT2D eigenvalue weighted by Crippen LogP contribution is -2.50. The highest BCUT2D eigenvalue weighted by Gasteiger charge is 2.28. The van der Waals surface area contributed by atoms with Gasteiger partial charge in [0.25, 0.3) is 0 Å². The summed E-state index contributed by atoms with van der Waals surface area (Å²) in [7, 11) is 0. The van der Waals surface area contributed by atoms with E-state index in [-0.39, 0.29) is 12.1 Å². The summed E-state index contributed by atoms with van der Waals surface area (Å²) in [6.07, 6.45) is 2.12. The van der Waals surface area contributed by atoms with Crippen molar-refractivity contribution in [2.45, 2.75) is 38.8 Å². The molecule has 19 heavy (non-hydrogen) atoms. The van der Waals surface area contributed by atoms with E-state index in [9.17, 15) is 0 Å². The summed E-state index contributed by atoms with van der Waals surface area (Å²) in [6.45, 7) is 4.89. The van der Waals surface area contributed by atoms with Crippen LogP contribution >= 0.6 is 0 Å². The molecule has 0 spiro atoms. The maximum atomic E-state index is 6.09. The van der Waals surface area contributed by atoms with E-state index in [1.54, 1.807) is 0 Å². The number of hydrogen-bond donors (Lipinski definition) is 2. The Bertz CT molecular complexity index is 562. The van der Waals surface area contributed by atoms with Crippen LogP contribution in [0.2, 0.25) is 0 Å². The van der Waals surface area contributed by atoms with Crippen molar-refractivity contribution in [1.82, 2.24) is 20.3 Å². The summed E-state index contributed by atoms with van der Waals surface area (Å²) in [6, 6.07) is 2.25. The second-order valence-corrected chi connectivity index (χ2v) is 5.05. The van der Waals surface area contributed by atoms with Gasteiger partial charge in [-0.2, -0.15) is 4.98 Å². The average molecular weight is 262 g/mol. The highest BCUT2D eigenvalue weighted by Crippen LogP contribution is 2.23. The first kappa shape index (κ1) is 12.2. The minimum atomic E-state index is 0.171. The highest BCUT2D eigenvalue weighted by molar-refractivity contribution is 5.51. The minimum absolute atomic E-state index is 0.171. The molecule has 3 N–H and O–H groups in total. The number of piperidine rings is 1. The monoisotopic (exact) mass is 262 g/mol. The molecule has 0 bridgehead atoms. The lowest BCUT2D eigenvalue weighted by atomic mass is 9.99. The fourth-order valence-corrected chi connectivity index (χ4v) is 2.43. The summed E-state index contributed by atoms with van der Waals surface area (Å²) >= 11 is 0. The molecule has 0 radical (unpaired) electrons. The Morgan fingerprint density at radius 3 is 3.11 bits per heavy atom. The van der Waals surface area contributed by atoms with E-state index in [0.717, 1.165) is 25.1 Å². The third-order valence-electron chi connectivity index (χ3n) is 3.65. The van der Waals surface area contributed by atoms with Crippen LogP contribution in [0, 0.1) is 6.92 Å². The molecule has 102 valence electrons. The van der Waals surface area contributed by atoms with Crippen molar-refractivity contribution in [3.8, 4) is 11.5 Å². The molecule has 0 aromatic carbocycles. The Morgan fingerprint density at radius 2 is 2.37 bits per heavy atom.